The third kappa shape index (κ3) is 6.46. The van der Waals surface area contributed by atoms with Gasteiger partial charge in [0.15, 0.2) is 11.5 Å². The Bertz CT molecular complexity index is 1270. The van der Waals surface area contributed by atoms with E-state index in [1.165, 1.54) is 0 Å². The Morgan fingerprint density at radius 3 is 2.32 bits per heavy atom. The van der Waals surface area contributed by atoms with Gasteiger partial charge < -0.3 is 25.0 Å². The molecule has 3 aromatic carbocycles. The number of nitrogens with zero attached hydrogens (tertiary/aromatic N) is 1. The lowest BCUT2D eigenvalue weighted by molar-refractivity contribution is -0.128. The Labute approximate surface area is 216 Å². The van der Waals surface area contributed by atoms with Crippen molar-refractivity contribution in [1.29, 1.82) is 0 Å². The molecule has 1 aliphatic rings. The van der Waals surface area contributed by atoms with Gasteiger partial charge in [0.25, 0.3) is 11.8 Å². The van der Waals surface area contributed by atoms with Crippen molar-refractivity contribution in [1.82, 2.24) is 10.2 Å². The van der Waals surface area contributed by atoms with Crippen molar-refractivity contribution in [2.45, 2.75) is 25.8 Å². The molecule has 0 bridgehead atoms. The molecule has 3 amide bonds. The fourth-order valence-electron chi connectivity index (χ4n) is 4.29. The Morgan fingerprint density at radius 1 is 0.892 bits per heavy atom. The molecule has 8 nitrogen and oxygen atoms in total. The van der Waals surface area contributed by atoms with Gasteiger partial charge in [0, 0.05) is 31.6 Å². The Morgan fingerprint density at radius 2 is 1.62 bits per heavy atom. The summed E-state index contributed by atoms with van der Waals surface area (Å²) in [6, 6.07) is 19.7. The number of amides is 3. The molecule has 8 heteroatoms. The number of hydrogen-bond donors (Lipinski definition) is 2. The van der Waals surface area contributed by atoms with Crippen molar-refractivity contribution in [2.24, 2.45) is 0 Å². The van der Waals surface area contributed by atoms with E-state index in [2.05, 4.69) is 10.6 Å². The number of benzene rings is 3. The van der Waals surface area contributed by atoms with Crippen LogP contribution in [0, 0.1) is 0 Å². The third-order valence-electron chi connectivity index (χ3n) is 6.33. The highest BCUT2D eigenvalue weighted by molar-refractivity contribution is 6.09. The first-order valence-corrected chi connectivity index (χ1v) is 12.2. The monoisotopic (exact) mass is 501 g/mol. The van der Waals surface area contributed by atoms with Crippen molar-refractivity contribution in [3.63, 3.8) is 0 Å². The zero-order chi connectivity index (χ0) is 26.2. The normalized spacial score (nSPS) is 12.8. The number of methoxy groups -OCH3 is 2. The SMILES string of the molecule is COc1ccc(CCNC(=O)c2ccccc2NC(=O)c2ccc(CN3CCCC3=O)cc2)cc1OC. The number of para-hydroxylation sites is 1. The first-order chi connectivity index (χ1) is 18.0. The molecular weight excluding hydrogens is 470 g/mol. The van der Waals surface area contributed by atoms with Crippen molar-refractivity contribution >= 4 is 23.4 Å². The summed E-state index contributed by atoms with van der Waals surface area (Å²) in [6.07, 6.45) is 2.10. The second-order valence-electron chi connectivity index (χ2n) is 8.81. The molecule has 1 aliphatic heterocycles. The largest absolute Gasteiger partial charge is 0.493 e. The number of rotatable bonds is 10. The molecule has 0 aromatic heterocycles. The molecule has 0 radical (unpaired) electrons. The van der Waals surface area contributed by atoms with E-state index in [9.17, 15) is 14.4 Å². The van der Waals surface area contributed by atoms with Crippen LogP contribution in [0.1, 0.15) is 44.7 Å². The van der Waals surface area contributed by atoms with Gasteiger partial charge in [-0.25, -0.2) is 0 Å². The molecule has 1 saturated heterocycles. The summed E-state index contributed by atoms with van der Waals surface area (Å²) in [5.74, 6) is 0.866. The zero-order valence-corrected chi connectivity index (χ0v) is 21.1. The van der Waals surface area contributed by atoms with E-state index in [0.29, 0.717) is 54.2 Å². The van der Waals surface area contributed by atoms with Crippen LogP contribution in [-0.2, 0) is 17.8 Å². The maximum absolute atomic E-state index is 12.9. The maximum atomic E-state index is 12.9. The quantitative estimate of drug-likeness (QED) is 0.437. The van der Waals surface area contributed by atoms with Crippen LogP contribution < -0.4 is 20.1 Å². The highest BCUT2D eigenvalue weighted by Crippen LogP contribution is 2.27. The number of carbonyl (C=O) groups excluding carboxylic acids is 3. The van der Waals surface area contributed by atoms with Crippen LogP contribution in [0.3, 0.4) is 0 Å². The highest BCUT2D eigenvalue weighted by Gasteiger charge is 2.20. The first-order valence-electron chi connectivity index (χ1n) is 12.2. The summed E-state index contributed by atoms with van der Waals surface area (Å²) in [5, 5.41) is 5.77. The molecule has 2 N–H and O–H groups in total. The second kappa shape index (κ2) is 12.1. The minimum Gasteiger partial charge on any atom is -0.493 e. The summed E-state index contributed by atoms with van der Waals surface area (Å²) >= 11 is 0. The van der Waals surface area contributed by atoms with Gasteiger partial charge in [-0.05, 0) is 60.4 Å². The van der Waals surface area contributed by atoms with Gasteiger partial charge >= 0.3 is 0 Å². The van der Waals surface area contributed by atoms with Crippen molar-refractivity contribution < 1.29 is 23.9 Å². The average Bonchev–Trinajstić information content (AvgIpc) is 3.33. The maximum Gasteiger partial charge on any atom is 0.255 e. The second-order valence-corrected chi connectivity index (χ2v) is 8.81. The summed E-state index contributed by atoms with van der Waals surface area (Å²) in [4.78, 5) is 39.5. The summed E-state index contributed by atoms with van der Waals surface area (Å²) in [6.45, 7) is 1.73. The fourth-order valence-corrected chi connectivity index (χ4v) is 4.29. The van der Waals surface area contributed by atoms with Gasteiger partial charge in [0.1, 0.15) is 0 Å². The number of anilines is 1. The predicted octanol–water partition coefficient (Wildman–Crippen LogP) is 4.05. The van der Waals surface area contributed by atoms with Crippen LogP contribution in [0.2, 0.25) is 0 Å². The molecule has 0 aliphatic carbocycles. The van der Waals surface area contributed by atoms with Crippen LogP contribution in [0.5, 0.6) is 11.5 Å². The van der Waals surface area contributed by atoms with E-state index in [1.807, 2.05) is 35.2 Å². The molecule has 1 heterocycles. The predicted molar refractivity (Wildman–Crippen MR) is 141 cm³/mol. The van der Waals surface area contributed by atoms with Crippen LogP contribution in [0.15, 0.2) is 66.7 Å². The highest BCUT2D eigenvalue weighted by atomic mass is 16.5. The Hall–Kier alpha value is -4.33. The molecule has 0 atom stereocenters. The topological polar surface area (TPSA) is 97.0 Å². The fraction of sp³-hybridized carbons (Fsp3) is 0.276. The minimum atomic E-state index is -0.311. The van der Waals surface area contributed by atoms with Crippen LogP contribution >= 0.6 is 0 Å². The van der Waals surface area contributed by atoms with Crippen LogP contribution in [0.4, 0.5) is 5.69 Å². The molecule has 4 rings (SSSR count). The van der Waals surface area contributed by atoms with E-state index in [-0.39, 0.29) is 17.7 Å². The van der Waals surface area contributed by atoms with Gasteiger partial charge in [-0.2, -0.15) is 0 Å². The lowest BCUT2D eigenvalue weighted by atomic mass is 10.1. The van der Waals surface area contributed by atoms with E-state index in [1.54, 1.807) is 50.6 Å². The molecular formula is C29H31N3O5. The van der Waals surface area contributed by atoms with Crippen LogP contribution in [0.25, 0.3) is 0 Å². The van der Waals surface area contributed by atoms with Crippen LogP contribution in [-0.4, -0.2) is 49.9 Å². The lowest BCUT2D eigenvalue weighted by Gasteiger charge is -2.15. The molecule has 0 saturated carbocycles. The molecule has 1 fully saturated rings. The van der Waals surface area contributed by atoms with Gasteiger partial charge in [-0.1, -0.05) is 30.3 Å². The van der Waals surface area contributed by atoms with Gasteiger partial charge in [-0.3, -0.25) is 14.4 Å². The standard InChI is InChI=1S/C29H31N3O5/c1-36-25-14-11-20(18-26(25)37-2)15-16-30-29(35)23-6-3-4-7-24(23)31-28(34)22-12-9-21(10-13-22)19-32-17-5-8-27(32)33/h3-4,6-7,9-14,18H,5,8,15-17,19H2,1-2H3,(H,30,35)(H,31,34). The first kappa shape index (κ1) is 25.8. The summed E-state index contributed by atoms with van der Waals surface area (Å²) < 4.78 is 10.6. The third-order valence-corrected chi connectivity index (χ3v) is 6.33. The zero-order valence-electron chi connectivity index (χ0n) is 21.1. The molecule has 0 unspecified atom stereocenters. The number of carbonyl (C=O) groups is 3. The van der Waals surface area contributed by atoms with Crippen molar-refractivity contribution in [3.8, 4) is 11.5 Å². The molecule has 3 aromatic rings. The van der Waals surface area contributed by atoms with E-state index >= 15 is 0 Å². The number of ether oxygens (including phenoxy) is 2. The minimum absolute atomic E-state index is 0.167. The Balaban J connectivity index is 1.35. The average molecular weight is 502 g/mol. The van der Waals surface area contributed by atoms with Gasteiger partial charge in [0.2, 0.25) is 5.91 Å². The summed E-state index contributed by atoms with van der Waals surface area (Å²) in [7, 11) is 3.17. The van der Waals surface area contributed by atoms with Gasteiger partial charge in [-0.15, -0.1) is 0 Å². The number of nitrogens with one attached hydrogen (secondary N) is 2. The van der Waals surface area contributed by atoms with Crippen molar-refractivity contribution in [2.75, 3.05) is 32.6 Å². The number of likely N-dealkylation sites (tertiary alicyclic amines) is 1. The molecule has 192 valence electrons. The molecule has 0 spiro atoms. The van der Waals surface area contributed by atoms with E-state index < -0.39 is 0 Å². The molecule has 37 heavy (non-hydrogen) atoms. The van der Waals surface area contributed by atoms with Crippen molar-refractivity contribution in [3.05, 3.63) is 89.0 Å². The lowest BCUT2D eigenvalue weighted by Crippen LogP contribution is -2.27. The number of hydrogen-bond acceptors (Lipinski definition) is 5. The van der Waals surface area contributed by atoms with E-state index in [0.717, 1.165) is 24.1 Å². The van der Waals surface area contributed by atoms with E-state index in [4.69, 9.17) is 9.47 Å². The Kier molecular flexibility index (Phi) is 8.40. The van der Waals surface area contributed by atoms with Gasteiger partial charge in [0.05, 0.1) is 25.5 Å². The summed E-state index contributed by atoms with van der Waals surface area (Å²) in [5.41, 5.74) is 3.26. The smallest absolute Gasteiger partial charge is 0.255 e.